The lowest BCUT2D eigenvalue weighted by molar-refractivity contribution is 0.0974. The summed E-state index contributed by atoms with van der Waals surface area (Å²) in [5.74, 6) is -0.818. The molecule has 2 rings (SSSR count). The summed E-state index contributed by atoms with van der Waals surface area (Å²) in [5.41, 5.74) is 14.4. The first-order valence-electron chi connectivity index (χ1n) is 6.46. The number of hydrogen-bond donors (Lipinski definition) is 4. The molecule has 0 aliphatic carbocycles. The van der Waals surface area contributed by atoms with Crippen LogP contribution in [0.25, 0.3) is 0 Å². The Balaban J connectivity index is 1.90. The highest BCUT2D eigenvalue weighted by atomic mass is 35.5. The fourth-order valence-electron chi connectivity index (χ4n) is 1.61. The van der Waals surface area contributed by atoms with E-state index < -0.39 is 5.91 Å². The van der Waals surface area contributed by atoms with Crippen molar-refractivity contribution in [2.45, 2.75) is 6.54 Å². The van der Waals surface area contributed by atoms with Crippen LogP contribution in [-0.4, -0.2) is 22.2 Å². The van der Waals surface area contributed by atoms with E-state index in [1.54, 1.807) is 18.2 Å². The van der Waals surface area contributed by atoms with Gasteiger partial charge in [0.05, 0.1) is 6.54 Å². The molecular formula is C13H12Cl3N7O. The van der Waals surface area contributed by atoms with Gasteiger partial charge in [0.25, 0.3) is 5.91 Å². The molecule has 0 saturated heterocycles. The molecule has 1 aromatic carbocycles. The van der Waals surface area contributed by atoms with E-state index in [0.29, 0.717) is 16.6 Å². The van der Waals surface area contributed by atoms with Gasteiger partial charge in [0.2, 0.25) is 0 Å². The predicted octanol–water partition coefficient (Wildman–Crippen LogP) is 2.06. The molecule has 0 unspecified atom stereocenters. The minimum absolute atomic E-state index is 0.0547. The van der Waals surface area contributed by atoms with Crippen LogP contribution >= 0.6 is 34.8 Å². The average molecular weight is 389 g/mol. The van der Waals surface area contributed by atoms with E-state index in [1.807, 2.05) is 0 Å². The average Bonchev–Trinajstić information content (AvgIpc) is 2.52. The molecule has 11 heteroatoms. The Labute approximate surface area is 152 Å². The molecule has 0 bridgehead atoms. The van der Waals surface area contributed by atoms with Gasteiger partial charge in [0.1, 0.15) is 6.34 Å². The molecule has 6 N–H and O–H groups in total. The van der Waals surface area contributed by atoms with Crippen LogP contribution in [0.5, 0.6) is 0 Å². The molecule has 2 aromatic rings. The highest BCUT2D eigenvalue weighted by molar-refractivity contribution is 6.35. The summed E-state index contributed by atoms with van der Waals surface area (Å²) < 4.78 is 0. The largest absolute Gasteiger partial charge is 0.382 e. The van der Waals surface area contributed by atoms with E-state index in [4.69, 9.17) is 46.3 Å². The minimum atomic E-state index is -0.628. The van der Waals surface area contributed by atoms with Gasteiger partial charge in [0.15, 0.2) is 22.5 Å². The number of nitrogens with one attached hydrogen (secondary N) is 2. The van der Waals surface area contributed by atoms with E-state index in [9.17, 15) is 4.79 Å². The molecule has 1 aromatic heterocycles. The second-order valence-electron chi connectivity index (χ2n) is 4.44. The lowest BCUT2D eigenvalue weighted by Gasteiger charge is -2.05. The lowest BCUT2D eigenvalue weighted by Crippen LogP contribution is -2.26. The highest BCUT2D eigenvalue weighted by Crippen LogP contribution is 2.20. The summed E-state index contributed by atoms with van der Waals surface area (Å²) >= 11 is 17.5. The number of aromatic nitrogens is 2. The number of carbonyl (C=O) groups is 1. The third kappa shape index (κ3) is 4.60. The molecule has 0 saturated carbocycles. The Kier molecular flexibility index (Phi) is 6.02. The molecule has 0 atom stereocenters. The Bertz CT molecular complexity index is 797. The second-order valence-corrected chi connectivity index (χ2v) is 5.64. The maximum Gasteiger partial charge on any atom is 0.278 e. The van der Waals surface area contributed by atoms with E-state index in [2.05, 4.69) is 25.8 Å². The lowest BCUT2D eigenvalue weighted by atomic mass is 10.2. The monoisotopic (exact) mass is 387 g/mol. The van der Waals surface area contributed by atoms with Crippen molar-refractivity contribution in [3.8, 4) is 0 Å². The van der Waals surface area contributed by atoms with Gasteiger partial charge >= 0.3 is 0 Å². The van der Waals surface area contributed by atoms with Crippen LogP contribution in [0.2, 0.25) is 15.2 Å². The number of rotatable bonds is 5. The third-order valence-corrected chi connectivity index (χ3v) is 3.62. The van der Waals surface area contributed by atoms with Crippen molar-refractivity contribution in [2.75, 3.05) is 11.5 Å². The van der Waals surface area contributed by atoms with Gasteiger partial charge in [-0.25, -0.2) is 9.97 Å². The van der Waals surface area contributed by atoms with Gasteiger partial charge in [-0.05, 0) is 17.7 Å². The van der Waals surface area contributed by atoms with Crippen LogP contribution in [0.15, 0.2) is 23.3 Å². The molecule has 24 heavy (non-hydrogen) atoms. The summed E-state index contributed by atoms with van der Waals surface area (Å²) in [5, 5.41) is 7.13. The zero-order chi connectivity index (χ0) is 17.7. The third-order valence-electron chi connectivity index (χ3n) is 2.76. The van der Waals surface area contributed by atoms with E-state index in [1.165, 1.54) is 0 Å². The summed E-state index contributed by atoms with van der Waals surface area (Å²) in [6.45, 7) is 0.345. The van der Waals surface area contributed by atoms with Crippen LogP contribution in [0.4, 0.5) is 11.6 Å². The standard InChI is InChI=1S/C13H12Cl3N7O/c14-7-2-1-6(8(15)3-7)4-20-21-5-19-13(24)9-11(17)23-12(18)10(16)22-9/h1-3,5,20H,4H2,(H4,17,18,23)(H,19,21,24). The maximum absolute atomic E-state index is 11.9. The molecule has 0 aliphatic heterocycles. The van der Waals surface area contributed by atoms with Crippen molar-refractivity contribution in [3.05, 3.63) is 44.7 Å². The smallest absolute Gasteiger partial charge is 0.278 e. The highest BCUT2D eigenvalue weighted by Gasteiger charge is 2.14. The summed E-state index contributed by atoms with van der Waals surface area (Å²) in [6, 6.07) is 5.10. The first-order chi connectivity index (χ1) is 11.4. The normalized spacial score (nSPS) is 10.8. The van der Waals surface area contributed by atoms with Gasteiger partial charge in [-0.3, -0.25) is 4.79 Å². The zero-order valence-electron chi connectivity index (χ0n) is 12.1. The topological polar surface area (TPSA) is 131 Å². The Morgan fingerprint density at radius 1 is 1.21 bits per heavy atom. The summed E-state index contributed by atoms with van der Waals surface area (Å²) in [7, 11) is 0. The quantitative estimate of drug-likeness (QED) is 0.352. The molecule has 0 aliphatic rings. The Morgan fingerprint density at radius 2 is 1.96 bits per heavy atom. The Morgan fingerprint density at radius 3 is 2.67 bits per heavy atom. The van der Waals surface area contributed by atoms with Gasteiger partial charge in [-0.1, -0.05) is 40.9 Å². The molecule has 1 amide bonds. The van der Waals surface area contributed by atoms with Crippen LogP contribution in [0.3, 0.4) is 0 Å². The van der Waals surface area contributed by atoms with E-state index in [0.717, 1.165) is 11.9 Å². The van der Waals surface area contributed by atoms with Crippen LogP contribution in [-0.2, 0) is 6.54 Å². The zero-order valence-corrected chi connectivity index (χ0v) is 14.3. The number of nitrogens with two attached hydrogens (primary N) is 2. The summed E-state index contributed by atoms with van der Waals surface area (Å²) in [6.07, 6.45) is 1.14. The number of carbonyl (C=O) groups excluding carboxylic acids is 1. The van der Waals surface area contributed by atoms with E-state index >= 15 is 0 Å². The molecule has 0 spiro atoms. The van der Waals surface area contributed by atoms with Crippen molar-refractivity contribution >= 4 is 58.7 Å². The van der Waals surface area contributed by atoms with Crippen LogP contribution in [0.1, 0.15) is 16.1 Å². The number of hydrazone groups is 1. The van der Waals surface area contributed by atoms with Gasteiger partial charge in [-0.15, -0.1) is 0 Å². The van der Waals surface area contributed by atoms with Gasteiger partial charge in [-0.2, -0.15) is 5.10 Å². The first-order valence-corrected chi connectivity index (χ1v) is 7.59. The number of benzene rings is 1. The number of hydrogen-bond acceptors (Lipinski definition) is 7. The van der Waals surface area contributed by atoms with Gasteiger partial charge in [0, 0.05) is 10.0 Å². The fraction of sp³-hybridized carbons (Fsp3) is 0.0769. The van der Waals surface area contributed by atoms with Crippen molar-refractivity contribution in [1.82, 2.24) is 20.7 Å². The molecule has 0 radical (unpaired) electrons. The fourth-order valence-corrected chi connectivity index (χ4v) is 2.21. The van der Waals surface area contributed by atoms with Crippen molar-refractivity contribution in [3.63, 3.8) is 0 Å². The second kappa shape index (κ2) is 8.00. The molecule has 0 fully saturated rings. The number of anilines is 2. The molecular weight excluding hydrogens is 377 g/mol. The predicted molar refractivity (Wildman–Crippen MR) is 95.1 cm³/mol. The van der Waals surface area contributed by atoms with E-state index in [-0.39, 0.29) is 22.5 Å². The van der Waals surface area contributed by atoms with Crippen molar-refractivity contribution < 1.29 is 4.79 Å². The Hall–Kier alpha value is -2.29. The number of amides is 1. The molecule has 126 valence electrons. The minimum Gasteiger partial charge on any atom is -0.382 e. The number of nitrogen functional groups attached to an aromatic ring is 2. The maximum atomic E-state index is 11.9. The van der Waals surface area contributed by atoms with Crippen LogP contribution < -0.4 is 22.2 Å². The molecule has 8 nitrogen and oxygen atoms in total. The first kappa shape index (κ1) is 18.1. The SMILES string of the molecule is Nc1nc(N)c(C(=O)N/C=N/NCc2ccc(Cl)cc2Cl)nc1Cl. The number of halogens is 3. The van der Waals surface area contributed by atoms with Gasteiger partial charge < -0.3 is 22.2 Å². The van der Waals surface area contributed by atoms with Crippen LogP contribution in [0, 0.1) is 0 Å². The number of nitrogens with zero attached hydrogens (tertiary/aromatic N) is 3. The summed E-state index contributed by atoms with van der Waals surface area (Å²) in [4.78, 5) is 19.4. The van der Waals surface area contributed by atoms with Crippen molar-refractivity contribution in [2.24, 2.45) is 5.10 Å². The van der Waals surface area contributed by atoms with Crippen molar-refractivity contribution in [1.29, 1.82) is 0 Å². The molecule has 1 heterocycles.